The van der Waals surface area contributed by atoms with Gasteiger partial charge in [-0.25, -0.2) is 0 Å². The summed E-state index contributed by atoms with van der Waals surface area (Å²) in [5.74, 6) is 0. The van der Waals surface area contributed by atoms with E-state index in [1.54, 1.807) is 12.1 Å². The second kappa shape index (κ2) is 4.63. The number of aliphatic hydroxyl groups excluding tert-OH is 1. The summed E-state index contributed by atoms with van der Waals surface area (Å²) in [5, 5.41) is 10.6. The van der Waals surface area contributed by atoms with Gasteiger partial charge in [-0.05, 0) is 44.0 Å². The van der Waals surface area contributed by atoms with E-state index < -0.39 is 6.10 Å². The molecule has 1 N–H and O–H groups in total. The second-order valence-electron chi connectivity index (χ2n) is 3.64. The lowest BCUT2D eigenvalue weighted by atomic mass is 10.00. The van der Waals surface area contributed by atoms with Crippen LogP contribution in [-0.4, -0.2) is 5.11 Å². The van der Waals surface area contributed by atoms with Crippen LogP contribution in [0.4, 0.5) is 0 Å². The van der Waals surface area contributed by atoms with Crippen molar-refractivity contribution in [1.29, 1.82) is 0 Å². The molecule has 0 aliphatic rings. The molecule has 1 atom stereocenters. The maximum absolute atomic E-state index is 9.95. The molecular formula is C12H15ClO. The zero-order valence-electron chi connectivity index (χ0n) is 8.71. The molecule has 1 aromatic carbocycles. The predicted octanol–water partition coefficient (Wildman–Crippen LogP) is 3.73. The zero-order valence-corrected chi connectivity index (χ0v) is 9.47. The van der Waals surface area contributed by atoms with Crippen LogP contribution in [-0.2, 0) is 0 Å². The maximum atomic E-state index is 9.95. The Morgan fingerprint density at radius 3 is 2.07 bits per heavy atom. The van der Waals surface area contributed by atoms with Crippen molar-refractivity contribution in [2.45, 2.75) is 26.9 Å². The first kappa shape index (κ1) is 11.3. The Kier molecular flexibility index (Phi) is 3.73. The first-order chi connectivity index (χ1) is 6.52. The number of aliphatic hydroxyl groups is 1. The lowest BCUT2D eigenvalue weighted by molar-refractivity contribution is 0.214. The van der Waals surface area contributed by atoms with Gasteiger partial charge in [0.15, 0.2) is 0 Å². The largest absolute Gasteiger partial charge is 0.384 e. The highest BCUT2D eigenvalue weighted by Gasteiger charge is 2.09. The van der Waals surface area contributed by atoms with Crippen molar-refractivity contribution in [2.24, 2.45) is 0 Å². The van der Waals surface area contributed by atoms with Crippen LogP contribution in [0.5, 0.6) is 0 Å². The highest BCUT2D eigenvalue weighted by molar-refractivity contribution is 6.30. The molecule has 2 heteroatoms. The van der Waals surface area contributed by atoms with Gasteiger partial charge in [-0.1, -0.05) is 29.3 Å². The molecule has 1 aromatic rings. The van der Waals surface area contributed by atoms with Crippen molar-refractivity contribution in [3.8, 4) is 0 Å². The van der Waals surface area contributed by atoms with Gasteiger partial charge in [-0.3, -0.25) is 0 Å². The summed E-state index contributed by atoms with van der Waals surface area (Å²) in [4.78, 5) is 0. The Morgan fingerprint density at radius 1 is 1.14 bits per heavy atom. The van der Waals surface area contributed by atoms with Crippen molar-refractivity contribution >= 4 is 11.6 Å². The normalized spacial score (nSPS) is 12.4. The van der Waals surface area contributed by atoms with Crippen LogP contribution in [0.2, 0.25) is 5.02 Å². The van der Waals surface area contributed by atoms with Gasteiger partial charge in [0.05, 0.1) is 0 Å². The molecule has 14 heavy (non-hydrogen) atoms. The number of benzene rings is 1. The SMILES string of the molecule is CC(C)=C(C)[C@H](O)c1ccc(Cl)cc1. The quantitative estimate of drug-likeness (QED) is 0.738. The minimum atomic E-state index is -0.516. The van der Waals surface area contributed by atoms with E-state index >= 15 is 0 Å². The van der Waals surface area contributed by atoms with Crippen LogP contribution in [0.1, 0.15) is 32.4 Å². The molecule has 0 unspecified atom stereocenters. The third-order valence-electron chi connectivity index (χ3n) is 2.38. The molecule has 1 nitrogen and oxygen atoms in total. The van der Waals surface area contributed by atoms with Gasteiger partial charge in [-0.2, -0.15) is 0 Å². The van der Waals surface area contributed by atoms with Crippen LogP contribution in [0, 0.1) is 0 Å². The van der Waals surface area contributed by atoms with E-state index in [0.29, 0.717) is 5.02 Å². The summed E-state index contributed by atoms with van der Waals surface area (Å²) < 4.78 is 0. The Morgan fingerprint density at radius 2 is 1.64 bits per heavy atom. The third kappa shape index (κ3) is 2.60. The first-order valence-electron chi connectivity index (χ1n) is 4.60. The van der Waals surface area contributed by atoms with Gasteiger partial charge in [0, 0.05) is 5.02 Å². The molecule has 0 aliphatic carbocycles. The molecule has 0 heterocycles. The minimum absolute atomic E-state index is 0.516. The molecule has 1 rings (SSSR count). The molecule has 0 spiro atoms. The predicted molar refractivity (Wildman–Crippen MR) is 60.5 cm³/mol. The maximum Gasteiger partial charge on any atom is 0.100 e. The van der Waals surface area contributed by atoms with E-state index in [-0.39, 0.29) is 0 Å². The smallest absolute Gasteiger partial charge is 0.100 e. The van der Waals surface area contributed by atoms with Crippen LogP contribution >= 0.6 is 11.6 Å². The summed E-state index contributed by atoms with van der Waals surface area (Å²) in [7, 11) is 0. The molecule has 0 bridgehead atoms. The van der Waals surface area contributed by atoms with Gasteiger partial charge < -0.3 is 5.11 Å². The fourth-order valence-corrected chi connectivity index (χ4v) is 1.29. The van der Waals surface area contributed by atoms with Crippen molar-refractivity contribution in [1.82, 2.24) is 0 Å². The standard InChI is InChI=1S/C12H15ClO/c1-8(2)9(3)12(14)10-4-6-11(13)7-5-10/h4-7,12,14H,1-3H3/t12-/m0/s1. The molecule has 0 aliphatic heterocycles. The van der Waals surface area contributed by atoms with Crippen molar-refractivity contribution in [2.75, 3.05) is 0 Å². The van der Waals surface area contributed by atoms with E-state index in [1.165, 1.54) is 0 Å². The molecular weight excluding hydrogens is 196 g/mol. The molecule has 0 aromatic heterocycles. The Labute approximate surface area is 90.0 Å². The number of allylic oxidation sites excluding steroid dienone is 1. The summed E-state index contributed by atoms with van der Waals surface area (Å²) in [6.07, 6.45) is -0.516. The topological polar surface area (TPSA) is 20.2 Å². The lowest BCUT2D eigenvalue weighted by Gasteiger charge is -2.13. The molecule has 0 saturated heterocycles. The summed E-state index contributed by atoms with van der Waals surface area (Å²) in [6.45, 7) is 5.93. The van der Waals surface area contributed by atoms with E-state index in [2.05, 4.69) is 0 Å². The minimum Gasteiger partial charge on any atom is -0.384 e. The lowest BCUT2D eigenvalue weighted by Crippen LogP contribution is -1.99. The molecule has 0 fully saturated rings. The zero-order chi connectivity index (χ0) is 10.7. The van der Waals surface area contributed by atoms with Gasteiger partial charge in [0.1, 0.15) is 6.10 Å². The van der Waals surface area contributed by atoms with Crippen LogP contribution in [0.25, 0.3) is 0 Å². The fraction of sp³-hybridized carbons (Fsp3) is 0.333. The van der Waals surface area contributed by atoms with Crippen LogP contribution in [0.3, 0.4) is 0 Å². The molecule has 0 saturated carbocycles. The van der Waals surface area contributed by atoms with Gasteiger partial charge in [0.2, 0.25) is 0 Å². The van der Waals surface area contributed by atoms with E-state index in [4.69, 9.17) is 11.6 Å². The molecule has 76 valence electrons. The van der Waals surface area contributed by atoms with E-state index in [1.807, 2.05) is 32.9 Å². The monoisotopic (exact) mass is 210 g/mol. The average Bonchev–Trinajstić information content (AvgIpc) is 2.16. The highest BCUT2D eigenvalue weighted by atomic mass is 35.5. The Balaban J connectivity index is 2.96. The number of rotatable bonds is 2. The van der Waals surface area contributed by atoms with Crippen molar-refractivity contribution < 1.29 is 5.11 Å². The first-order valence-corrected chi connectivity index (χ1v) is 4.97. The van der Waals surface area contributed by atoms with Gasteiger partial charge in [-0.15, -0.1) is 0 Å². The van der Waals surface area contributed by atoms with E-state index in [0.717, 1.165) is 16.7 Å². The number of halogens is 1. The second-order valence-corrected chi connectivity index (χ2v) is 4.07. The summed E-state index contributed by atoms with van der Waals surface area (Å²) in [5.41, 5.74) is 3.02. The van der Waals surface area contributed by atoms with Crippen molar-refractivity contribution in [3.63, 3.8) is 0 Å². The number of hydrogen-bond donors (Lipinski definition) is 1. The van der Waals surface area contributed by atoms with Crippen LogP contribution in [0.15, 0.2) is 35.4 Å². The Hall–Kier alpha value is -0.790. The third-order valence-corrected chi connectivity index (χ3v) is 2.64. The van der Waals surface area contributed by atoms with Crippen molar-refractivity contribution in [3.05, 3.63) is 46.0 Å². The number of hydrogen-bond acceptors (Lipinski definition) is 1. The van der Waals surface area contributed by atoms with E-state index in [9.17, 15) is 5.11 Å². The van der Waals surface area contributed by atoms with Crippen LogP contribution < -0.4 is 0 Å². The average molecular weight is 211 g/mol. The highest BCUT2D eigenvalue weighted by Crippen LogP contribution is 2.24. The molecule has 0 amide bonds. The fourth-order valence-electron chi connectivity index (χ4n) is 1.17. The summed E-state index contributed by atoms with van der Waals surface area (Å²) >= 11 is 5.76. The van der Waals surface area contributed by atoms with Gasteiger partial charge in [0.25, 0.3) is 0 Å². The molecule has 0 radical (unpaired) electrons. The summed E-state index contributed by atoms with van der Waals surface area (Å²) in [6, 6.07) is 7.27. The Bertz CT molecular complexity index is 334. The van der Waals surface area contributed by atoms with Gasteiger partial charge >= 0.3 is 0 Å².